The number of ether oxygens (including phenoxy) is 3. The van der Waals surface area contributed by atoms with Crippen molar-refractivity contribution in [2.45, 2.75) is 25.2 Å². The number of aliphatic carboxylic acids is 1. The molecule has 1 N–H and O–H groups in total. The van der Waals surface area contributed by atoms with Gasteiger partial charge < -0.3 is 19.3 Å². The Morgan fingerprint density at radius 3 is 2.53 bits per heavy atom. The fraction of sp³-hybridized carbons (Fsp3) is 0.318. The fourth-order valence-corrected chi connectivity index (χ4v) is 3.30. The molecule has 30 heavy (non-hydrogen) atoms. The van der Waals surface area contributed by atoms with E-state index < -0.39 is 11.8 Å². The molecule has 0 unspecified atom stereocenters. The van der Waals surface area contributed by atoms with Crippen LogP contribution in [0.5, 0.6) is 5.75 Å². The minimum Gasteiger partial charge on any atom is -0.486 e. The summed E-state index contributed by atoms with van der Waals surface area (Å²) < 4.78 is 18.1. The Bertz CT molecular complexity index is 1130. The molecular formula is C22H22N2O6. The smallest absolute Gasteiger partial charge is 0.364 e. The van der Waals surface area contributed by atoms with Gasteiger partial charge in [-0.1, -0.05) is 24.3 Å². The Labute approximate surface area is 172 Å². The van der Waals surface area contributed by atoms with E-state index in [-0.39, 0.29) is 31.3 Å². The van der Waals surface area contributed by atoms with Crippen LogP contribution in [-0.2, 0) is 27.9 Å². The summed E-state index contributed by atoms with van der Waals surface area (Å²) in [6.45, 7) is 2.07. The quantitative estimate of drug-likeness (QED) is 0.690. The number of para-hydroxylation sites is 1. The van der Waals surface area contributed by atoms with E-state index in [0.29, 0.717) is 22.5 Å². The van der Waals surface area contributed by atoms with Crippen LogP contribution in [-0.4, -0.2) is 39.6 Å². The number of hydrogen-bond acceptors (Lipinski definition) is 6. The minimum atomic E-state index is -1.59. The average Bonchev–Trinajstić information content (AvgIpc) is 2.76. The molecule has 2 aromatic carbocycles. The molecule has 3 aromatic rings. The molecule has 1 saturated heterocycles. The third kappa shape index (κ3) is 3.79. The average molecular weight is 410 g/mol. The Morgan fingerprint density at radius 1 is 1.20 bits per heavy atom. The third-order valence-electron chi connectivity index (χ3n) is 5.30. The lowest BCUT2D eigenvalue weighted by atomic mass is 9.99. The molecule has 1 fully saturated rings. The Balaban J connectivity index is 1.43. The summed E-state index contributed by atoms with van der Waals surface area (Å²) in [5.41, 5.74) is 1.49. The molecule has 0 radical (unpaired) electrons. The van der Waals surface area contributed by atoms with Crippen molar-refractivity contribution in [1.29, 1.82) is 0 Å². The van der Waals surface area contributed by atoms with Gasteiger partial charge in [-0.05, 0) is 29.8 Å². The first-order valence-corrected chi connectivity index (χ1v) is 9.56. The van der Waals surface area contributed by atoms with E-state index >= 15 is 0 Å². The van der Waals surface area contributed by atoms with Gasteiger partial charge >= 0.3 is 5.97 Å². The van der Waals surface area contributed by atoms with Crippen molar-refractivity contribution in [3.63, 3.8) is 0 Å². The van der Waals surface area contributed by atoms with E-state index in [1.165, 1.54) is 11.5 Å². The Hall–Kier alpha value is -3.23. The van der Waals surface area contributed by atoms with Crippen molar-refractivity contribution in [2.75, 3.05) is 13.2 Å². The van der Waals surface area contributed by atoms with Crippen molar-refractivity contribution in [3.05, 3.63) is 70.3 Å². The molecule has 8 heteroatoms. The van der Waals surface area contributed by atoms with Gasteiger partial charge in [0, 0.05) is 19.9 Å². The van der Waals surface area contributed by atoms with Crippen LogP contribution in [0.1, 0.15) is 24.2 Å². The van der Waals surface area contributed by atoms with Gasteiger partial charge in [-0.15, -0.1) is 0 Å². The summed E-state index contributed by atoms with van der Waals surface area (Å²) in [4.78, 5) is 28.2. The highest BCUT2D eigenvalue weighted by Crippen LogP contribution is 2.29. The van der Waals surface area contributed by atoms with Crippen LogP contribution in [0.4, 0.5) is 0 Å². The first-order valence-electron chi connectivity index (χ1n) is 9.56. The Morgan fingerprint density at radius 2 is 1.87 bits per heavy atom. The normalized spacial score (nSPS) is 21.5. The highest BCUT2D eigenvalue weighted by atomic mass is 16.7. The fourth-order valence-electron chi connectivity index (χ4n) is 3.30. The molecule has 0 atom stereocenters. The highest BCUT2D eigenvalue weighted by Gasteiger charge is 2.40. The van der Waals surface area contributed by atoms with Crippen LogP contribution >= 0.6 is 0 Å². The zero-order chi connectivity index (χ0) is 21.3. The van der Waals surface area contributed by atoms with E-state index in [1.54, 1.807) is 19.2 Å². The molecule has 156 valence electrons. The molecule has 2 heterocycles. The van der Waals surface area contributed by atoms with Crippen molar-refractivity contribution in [3.8, 4) is 5.75 Å². The second-order valence-electron chi connectivity index (χ2n) is 7.34. The largest absolute Gasteiger partial charge is 0.486 e. The highest BCUT2D eigenvalue weighted by molar-refractivity contribution is 5.77. The van der Waals surface area contributed by atoms with Crippen molar-refractivity contribution in [1.82, 2.24) is 9.55 Å². The number of aromatic nitrogens is 2. The Kier molecular flexibility index (Phi) is 5.27. The number of benzene rings is 2. The summed E-state index contributed by atoms with van der Waals surface area (Å²) in [5.74, 6) is -1.63. The maximum absolute atomic E-state index is 12.5. The molecule has 1 aromatic heterocycles. The first-order chi connectivity index (χ1) is 14.4. The summed E-state index contributed by atoms with van der Waals surface area (Å²) in [6, 6.07) is 14.6. The van der Waals surface area contributed by atoms with Crippen LogP contribution in [0.2, 0.25) is 0 Å². The maximum atomic E-state index is 12.5. The summed E-state index contributed by atoms with van der Waals surface area (Å²) in [7, 11) is 1.68. The van der Waals surface area contributed by atoms with E-state index in [9.17, 15) is 9.59 Å². The van der Waals surface area contributed by atoms with Gasteiger partial charge in [-0.25, -0.2) is 9.78 Å². The van der Waals surface area contributed by atoms with Gasteiger partial charge in [-0.2, -0.15) is 0 Å². The third-order valence-corrected chi connectivity index (χ3v) is 5.30. The lowest BCUT2D eigenvalue weighted by Gasteiger charge is -2.34. The van der Waals surface area contributed by atoms with Gasteiger partial charge in [0.05, 0.1) is 24.1 Å². The van der Waals surface area contributed by atoms with Crippen LogP contribution in [0.15, 0.2) is 53.3 Å². The van der Waals surface area contributed by atoms with Crippen LogP contribution < -0.4 is 10.3 Å². The van der Waals surface area contributed by atoms with Crippen molar-refractivity contribution >= 4 is 16.9 Å². The maximum Gasteiger partial charge on any atom is 0.364 e. The number of fused-ring (bicyclic) bond motifs is 1. The van der Waals surface area contributed by atoms with E-state index in [0.717, 1.165) is 5.56 Å². The first kappa shape index (κ1) is 20.1. The van der Waals surface area contributed by atoms with E-state index in [4.69, 9.17) is 19.3 Å². The monoisotopic (exact) mass is 410 g/mol. The summed E-state index contributed by atoms with van der Waals surface area (Å²) >= 11 is 0. The van der Waals surface area contributed by atoms with Crippen LogP contribution in [0.25, 0.3) is 10.9 Å². The molecule has 0 saturated carbocycles. The zero-order valence-electron chi connectivity index (χ0n) is 16.7. The standard InChI is InChI=1S/C22H22N2O6/c1-22(21(26)27)29-11-15(12-30-22)14-7-9-16(10-8-14)28-13-19-23-18-6-4-3-5-17(18)20(25)24(19)2/h3-10,15H,11-13H2,1-2H3,(H,26,27)/t15-,22+. The van der Waals surface area contributed by atoms with Crippen LogP contribution in [0.3, 0.4) is 0 Å². The number of rotatable bonds is 5. The molecule has 0 bridgehead atoms. The second kappa shape index (κ2) is 7.89. The zero-order valence-corrected chi connectivity index (χ0v) is 16.7. The number of carbonyl (C=O) groups is 1. The molecule has 0 spiro atoms. The van der Waals surface area contributed by atoms with Gasteiger partial charge in [0.25, 0.3) is 11.3 Å². The van der Waals surface area contributed by atoms with Gasteiger partial charge in [-0.3, -0.25) is 9.36 Å². The topological polar surface area (TPSA) is 99.9 Å². The second-order valence-corrected chi connectivity index (χ2v) is 7.34. The lowest BCUT2D eigenvalue weighted by molar-refractivity contribution is -0.262. The molecule has 1 aliphatic rings. The number of hydrogen-bond donors (Lipinski definition) is 1. The molecule has 4 rings (SSSR count). The SMILES string of the molecule is Cn1c(COc2ccc([C@H]3CO[C@@](C)(C(=O)O)OC3)cc2)nc2ccccc2c1=O. The number of nitrogens with zero attached hydrogens (tertiary/aromatic N) is 2. The lowest BCUT2D eigenvalue weighted by Crippen LogP contribution is -2.47. The number of carboxylic acid groups (broad SMARTS) is 1. The summed E-state index contributed by atoms with van der Waals surface area (Å²) in [5, 5.41) is 9.72. The summed E-state index contributed by atoms with van der Waals surface area (Å²) in [6.07, 6.45) is 0. The van der Waals surface area contributed by atoms with Crippen molar-refractivity contribution < 1.29 is 24.1 Å². The molecule has 0 aliphatic carbocycles. The van der Waals surface area contributed by atoms with E-state index in [2.05, 4.69) is 4.98 Å². The van der Waals surface area contributed by atoms with Gasteiger partial charge in [0.2, 0.25) is 0 Å². The predicted molar refractivity (Wildman–Crippen MR) is 108 cm³/mol. The van der Waals surface area contributed by atoms with E-state index in [1.807, 2.05) is 36.4 Å². The van der Waals surface area contributed by atoms with Crippen LogP contribution in [0, 0.1) is 0 Å². The minimum absolute atomic E-state index is 0.0607. The molecule has 1 aliphatic heterocycles. The molecule has 0 amide bonds. The van der Waals surface area contributed by atoms with Gasteiger partial charge in [0.1, 0.15) is 18.2 Å². The van der Waals surface area contributed by atoms with Gasteiger partial charge in [0.15, 0.2) is 0 Å². The van der Waals surface area contributed by atoms with Crippen molar-refractivity contribution in [2.24, 2.45) is 7.05 Å². The molecular weight excluding hydrogens is 388 g/mol. The number of carboxylic acids is 1. The molecule has 8 nitrogen and oxygen atoms in total. The predicted octanol–water partition coefficient (Wildman–Crippen LogP) is 2.44.